The van der Waals surface area contributed by atoms with Gasteiger partial charge in [-0.05, 0) is 30.1 Å². The van der Waals surface area contributed by atoms with Gasteiger partial charge in [0.2, 0.25) is 0 Å². The highest BCUT2D eigenvalue weighted by atomic mass is 35.5. The lowest BCUT2D eigenvalue weighted by atomic mass is 10.3. The number of pyridine rings is 1. The van der Waals surface area contributed by atoms with Gasteiger partial charge in [0.1, 0.15) is 4.88 Å². The van der Waals surface area contributed by atoms with E-state index in [1.165, 1.54) is 0 Å². The molecule has 17 heavy (non-hydrogen) atoms. The third kappa shape index (κ3) is 2.59. The predicted octanol–water partition coefficient (Wildman–Crippen LogP) is 2.40. The van der Waals surface area contributed by atoms with Crippen molar-refractivity contribution in [3.05, 3.63) is 33.9 Å². The molecule has 1 amide bonds. The molecular formula is C10H9ClN4OS. The van der Waals surface area contributed by atoms with Crippen molar-refractivity contribution in [2.45, 2.75) is 13.3 Å². The maximum Gasteiger partial charge on any atom is 0.270 e. The van der Waals surface area contributed by atoms with E-state index in [2.05, 4.69) is 19.9 Å². The molecule has 0 radical (unpaired) electrons. The summed E-state index contributed by atoms with van der Waals surface area (Å²) in [4.78, 5) is 16.4. The quantitative estimate of drug-likeness (QED) is 0.928. The average molecular weight is 269 g/mol. The first-order chi connectivity index (χ1) is 8.22. The average Bonchev–Trinajstić information content (AvgIpc) is 2.80. The Labute approximate surface area is 107 Å². The fourth-order valence-corrected chi connectivity index (χ4v) is 2.07. The highest BCUT2D eigenvalue weighted by Crippen LogP contribution is 2.19. The first-order valence-electron chi connectivity index (χ1n) is 4.95. The summed E-state index contributed by atoms with van der Waals surface area (Å²) in [5, 5.41) is 6.91. The molecule has 0 aromatic carbocycles. The van der Waals surface area contributed by atoms with Crippen molar-refractivity contribution in [2.75, 3.05) is 5.32 Å². The van der Waals surface area contributed by atoms with Crippen molar-refractivity contribution < 1.29 is 4.79 Å². The van der Waals surface area contributed by atoms with Crippen LogP contribution >= 0.6 is 23.1 Å². The third-order valence-corrected chi connectivity index (χ3v) is 3.16. The summed E-state index contributed by atoms with van der Waals surface area (Å²) in [6.07, 6.45) is 2.22. The number of nitrogens with one attached hydrogen (secondary N) is 1. The van der Waals surface area contributed by atoms with Crippen molar-refractivity contribution >= 4 is 34.9 Å². The van der Waals surface area contributed by atoms with E-state index in [0.717, 1.165) is 11.5 Å². The molecule has 0 bridgehead atoms. The monoisotopic (exact) mass is 268 g/mol. The van der Waals surface area contributed by atoms with Gasteiger partial charge in [0.05, 0.1) is 10.7 Å². The first kappa shape index (κ1) is 11.9. The molecule has 0 saturated heterocycles. The summed E-state index contributed by atoms with van der Waals surface area (Å²) in [5.41, 5.74) is 0.680. The summed E-state index contributed by atoms with van der Waals surface area (Å²) >= 11 is 6.96. The minimum atomic E-state index is -0.280. The minimum absolute atomic E-state index is 0.280. The zero-order valence-electron chi connectivity index (χ0n) is 8.98. The van der Waals surface area contributed by atoms with Gasteiger partial charge in [-0.3, -0.25) is 4.79 Å². The van der Waals surface area contributed by atoms with Gasteiger partial charge in [0, 0.05) is 6.20 Å². The number of anilines is 1. The van der Waals surface area contributed by atoms with Crippen molar-refractivity contribution in [1.82, 2.24) is 14.6 Å². The molecule has 0 aliphatic heterocycles. The van der Waals surface area contributed by atoms with Crippen LogP contribution in [0.1, 0.15) is 22.3 Å². The second-order valence-electron chi connectivity index (χ2n) is 3.19. The highest BCUT2D eigenvalue weighted by Gasteiger charge is 2.16. The van der Waals surface area contributed by atoms with Gasteiger partial charge < -0.3 is 5.32 Å². The second kappa shape index (κ2) is 5.20. The summed E-state index contributed by atoms with van der Waals surface area (Å²) in [7, 11) is 0. The van der Waals surface area contributed by atoms with Crippen LogP contribution in [0.15, 0.2) is 18.3 Å². The molecule has 2 heterocycles. The Balaban J connectivity index is 2.20. The molecule has 1 N–H and O–H groups in total. The van der Waals surface area contributed by atoms with Crippen molar-refractivity contribution in [2.24, 2.45) is 0 Å². The Kier molecular flexibility index (Phi) is 3.65. The van der Waals surface area contributed by atoms with Crippen molar-refractivity contribution in [3.8, 4) is 0 Å². The van der Waals surface area contributed by atoms with Gasteiger partial charge in [-0.25, -0.2) is 4.98 Å². The molecule has 88 valence electrons. The fraction of sp³-hybridized carbons (Fsp3) is 0.200. The highest BCUT2D eigenvalue weighted by molar-refractivity contribution is 7.08. The normalized spacial score (nSPS) is 10.2. The minimum Gasteiger partial charge on any atom is -0.305 e. The largest absolute Gasteiger partial charge is 0.305 e. The van der Waals surface area contributed by atoms with Gasteiger partial charge in [-0.15, -0.1) is 5.10 Å². The van der Waals surface area contributed by atoms with Crippen LogP contribution in [-0.4, -0.2) is 20.5 Å². The van der Waals surface area contributed by atoms with Crippen LogP contribution in [0, 0.1) is 0 Å². The number of nitrogens with zero attached hydrogens (tertiary/aromatic N) is 3. The number of carbonyl (C=O) groups is 1. The van der Waals surface area contributed by atoms with E-state index in [4.69, 9.17) is 11.6 Å². The maximum atomic E-state index is 11.9. The Bertz CT molecular complexity index is 543. The summed E-state index contributed by atoms with van der Waals surface area (Å²) in [6, 6.07) is 3.36. The van der Waals surface area contributed by atoms with E-state index in [9.17, 15) is 4.79 Å². The van der Waals surface area contributed by atoms with Gasteiger partial charge in [-0.2, -0.15) is 0 Å². The second-order valence-corrected chi connectivity index (χ2v) is 4.35. The van der Waals surface area contributed by atoms with Crippen LogP contribution < -0.4 is 5.32 Å². The number of carbonyl (C=O) groups excluding carboxylic acids is 1. The lowest BCUT2D eigenvalue weighted by Gasteiger charge is -2.04. The zero-order chi connectivity index (χ0) is 12.3. The lowest BCUT2D eigenvalue weighted by Crippen LogP contribution is -2.13. The SMILES string of the molecule is CCc1nnsc1C(=O)Nc1ncccc1Cl. The third-order valence-electron chi connectivity index (χ3n) is 2.09. The van der Waals surface area contributed by atoms with E-state index in [-0.39, 0.29) is 5.91 Å². The van der Waals surface area contributed by atoms with Crippen LogP contribution in [0.5, 0.6) is 0 Å². The zero-order valence-corrected chi connectivity index (χ0v) is 10.5. The molecule has 0 saturated carbocycles. The van der Waals surface area contributed by atoms with E-state index in [0.29, 0.717) is 27.8 Å². The van der Waals surface area contributed by atoms with Crippen molar-refractivity contribution in [1.29, 1.82) is 0 Å². The van der Waals surface area contributed by atoms with Crippen LogP contribution in [0.2, 0.25) is 5.02 Å². The summed E-state index contributed by atoms with van der Waals surface area (Å²) in [5.74, 6) is 0.0621. The van der Waals surface area contributed by atoms with Crippen molar-refractivity contribution in [3.63, 3.8) is 0 Å². The smallest absolute Gasteiger partial charge is 0.270 e. The van der Waals surface area contributed by atoms with Crippen LogP contribution in [0.25, 0.3) is 0 Å². The molecule has 0 aliphatic carbocycles. The molecule has 2 rings (SSSR count). The number of hydrogen-bond donors (Lipinski definition) is 1. The topological polar surface area (TPSA) is 67.8 Å². The lowest BCUT2D eigenvalue weighted by molar-refractivity contribution is 0.102. The molecule has 0 atom stereocenters. The molecule has 2 aromatic rings. The molecule has 5 nitrogen and oxygen atoms in total. The molecule has 2 aromatic heterocycles. The summed E-state index contributed by atoms with van der Waals surface area (Å²) < 4.78 is 3.76. The number of rotatable bonds is 3. The van der Waals surface area contributed by atoms with Gasteiger partial charge in [0.15, 0.2) is 5.82 Å². The molecule has 0 fully saturated rings. The van der Waals surface area contributed by atoms with Crippen LogP contribution in [0.3, 0.4) is 0 Å². The Morgan fingerprint density at radius 2 is 2.41 bits per heavy atom. The van der Waals surface area contributed by atoms with E-state index < -0.39 is 0 Å². The van der Waals surface area contributed by atoms with E-state index in [1.807, 2.05) is 6.92 Å². The number of aromatic nitrogens is 3. The Morgan fingerprint density at radius 1 is 1.59 bits per heavy atom. The number of halogens is 1. The standard InChI is InChI=1S/C10H9ClN4OS/c1-2-7-8(17-15-14-7)10(16)13-9-6(11)4-3-5-12-9/h3-5H,2H2,1H3,(H,12,13,16). The van der Waals surface area contributed by atoms with Gasteiger partial charge in [0.25, 0.3) is 5.91 Å². The van der Waals surface area contributed by atoms with E-state index in [1.54, 1.807) is 18.3 Å². The number of hydrogen-bond acceptors (Lipinski definition) is 5. The predicted molar refractivity (Wildman–Crippen MR) is 66.5 cm³/mol. The maximum absolute atomic E-state index is 11.9. The van der Waals surface area contributed by atoms with E-state index >= 15 is 0 Å². The number of aryl methyl sites for hydroxylation is 1. The molecule has 0 unspecified atom stereocenters. The fourth-order valence-electron chi connectivity index (χ4n) is 1.25. The number of amides is 1. The summed E-state index contributed by atoms with van der Waals surface area (Å²) in [6.45, 7) is 1.92. The Hall–Kier alpha value is -1.53. The molecular weight excluding hydrogens is 260 g/mol. The van der Waals surface area contributed by atoms with Gasteiger partial charge in [-0.1, -0.05) is 23.0 Å². The van der Waals surface area contributed by atoms with Crippen LogP contribution in [-0.2, 0) is 6.42 Å². The molecule has 0 aliphatic rings. The Morgan fingerprint density at radius 3 is 3.12 bits per heavy atom. The van der Waals surface area contributed by atoms with Gasteiger partial charge >= 0.3 is 0 Å². The van der Waals surface area contributed by atoms with Crippen LogP contribution in [0.4, 0.5) is 5.82 Å². The first-order valence-corrected chi connectivity index (χ1v) is 6.10. The molecule has 7 heteroatoms. The molecule has 0 spiro atoms.